The first-order valence-electron chi connectivity index (χ1n) is 7.63. The van der Waals surface area contributed by atoms with Gasteiger partial charge in [-0.15, -0.1) is 0 Å². The second-order valence-corrected chi connectivity index (χ2v) is 6.38. The Morgan fingerprint density at radius 3 is 1.94 bits per heavy atom. The van der Waals surface area contributed by atoms with Crippen molar-refractivity contribution in [2.45, 2.75) is 57.4 Å². The maximum Gasteiger partial charge on any atom is 0.00642 e. The average molecular weight is 238 g/mol. The van der Waals surface area contributed by atoms with Gasteiger partial charge in [0, 0.05) is 19.1 Å². The standard InChI is InChI=1S/C15H30N2/c1-16-15-9-7-14(8-10-15)12-17(2)11-13-5-3-4-6-13/h13-16H,3-12H2,1-2H3. The third-order valence-electron chi connectivity index (χ3n) is 4.87. The van der Waals surface area contributed by atoms with Crippen LogP contribution in [0.2, 0.25) is 0 Å². The van der Waals surface area contributed by atoms with E-state index in [0.29, 0.717) is 0 Å². The molecule has 0 saturated heterocycles. The van der Waals surface area contributed by atoms with Gasteiger partial charge in [0.05, 0.1) is 0 Å². The van der Waals surface area contributed by atoms with Gasteiger partial charge in [0.25, 0.3) is 0 Å². The van der Waals surface area contributed by atoms with E-state index in [0.717, 1.165) is 17.9 Å². The zero-order valence-electron chi connectivity index (χ0n) is 11.8. The molecule has 0 aromatic rings. The fourth-order valence-corrected chi connectivity index (χ4v) is 3.78. The molecule has 0 spiro atoms. The molecule has 2 rings (SSSR count). The third kappa shape index (κ3) is 4.26. The molecule has 17 heavy (non-hydrogen) atoms. The van der Waals surface area contributed by atoms with Crippen molar-refractivity contribution in [3.63, 3.8) is 0 Å². The molecule has 0 unspecified atom stereocenters. The summed E-state index contributed by atoms with van der Waals surface area (Å²) < 4.78 is 0. The van der Waals surface area contributed by atoms with E-state index in [4.69, 9.17) is 0 Å². The van der Waals surface area contributed by atoms with Crippen molar-refractivity contribution >= 4 is 0 Å². The lowest BCUT2D eigenvalue weighted by atomic mass is 9.85. The molecule has 2 nitrogen and oxygen atoms in total. The van der Waals surface area contributed by atoms with Crippen LogP contribution in [0.25, 0.3) is 0 Å². The van der Waals surface area contributed by atoms with Crippen molar-refractivity contribution in [1.29, 1.82) is 0 Å². The first kappa shape index (κ1) is 13.4. The maximum absolute atomic E-state index is 3.42. The van der Waals surface area contributed by atoms with Gasteiger partial charge >= 0.3 is 0 Å². The van der Waals surface area contributed by atoms with Crippen molar-refractivity contribution in [1.82, 2.24) is 10.2 Å². The van der Waals surface area contributed by atoms with Crippen LogP contribution in [0.5, 0.6) is 0 Å². The zero-order chi connectivity index (χ0) is 12.1. The Morgan fingerprint density at radius 1 is 0.882 bits per heavy atom. The summed E-state index contributed by atoms with van der Waals surface area (Å²) in [6, 6.07) is 0.798. The van der Waals surface area contributed by atoms with Crippen LogP contribution in [-0.4, -0.2) is 38.1 Å². The molecule has 100 valence electrons. The third-order valence-corrected chi connectivity index (χ3v) is 4.87. The number of nitrogens with zero attached hydrogens (tertiary/aromatic N) is 1. The lowest BCUT2D eigenvalue weighted by Crippen LogP contribution is -2.35. The van der Waals surface area contributed by atoms with E-state index < -0.39 is 0 Å². The highest BCUT2D eigenvalue weighted by Crippen LogP contribution is 2.27. The minimum Gasteiger partial charge on any atom is -0.317 e. The smallest absolute Gasteiger partial charge is 0.00642 e. The largest absolute Gasteiger partial charge is 0.317 e. The molecule has 0 bridgehead atoms. The summed E-state index contributed by atoms with van der Waals surface area (Å²) in [5.41, 5.74) is 0. The predicted molar refractivity (Wildman–Crippen MR) is 74.3 cm³/mol. The normalized spacial score (nSPS) is 31.2. The molecule has 1 N–H and O–H groups in total. The Bertz CT molecular complexity index is 203. The van der Waals surface area contributed by atoms with Crippen LogP contribution in [0, 0.1) is 11.8 Å². The zero-order valence-corrected chi connectivity index (χ0v) is 11.8. The van der Waals surface area contributed by atoms with Gasteiger partial charge in [0.15, 0.2) is 0 Å². The number of hydrogen-bond acceptors (Lipinski definition) is 2. The Morgan fingerprint density at radius 2 is 1.41 bits per heavy atom. The van der Waals surface area contributed by atoms with E-state index in [1.807, 2.05) is 0 Å². The molecule has 0 amide bonds. The molecule has 2 heteroatoms. The fourth-order valence-electron chi connectivity index (χ4n) is 3.78. The summed E-state index contributed by atoms with van der Waals surface area (Å²) in [5, 5.41) is 3.42. The van der Waals surface area contributed by atoms with Gasteiger partial charge in [-0.1, -0.05) is 12.8 Å². The van der Waals surface area contributed by atoms with Gasteiger partial charge in [-0.25, -0.2) is 0 Å². The lowest BCUT2D eigenvalue weighted by molar-refractivity contribution is 0.196. The quantitative estimate of drug-likeness (QED) is 0.792. The van der Waals surface area contributed by atoms with Gasteiger partial charge in [-0.05, 0) is 64.5 Å². The SMILES string of the molecule is CNC1CCC(CN(C)CC2CCCC2)CC1. The minimum atomic E-state index is 0.798. The molecular formula is C15H30N2. The van der Waals surface area contributed by atoms with Gasteiger partial charge in [-0.3, -0.25) is 0 Å². The van der Waals surface area contributed by atoms with Crippen LogP contribution in [0.15, 0.2) is 0 Å². The first-order valence-corrected chi connectivity index (χ1v) is 7.63. The summed E-state index contributed by atoms with van der Waals surface area (Å²) in [6.45, 7) is 2.69. The van der Waals surface area contributed by atoms with Crippen molar-refractivity contribution in [3.8, 4) is 0 Å². The minimum absolute atomic E-state index is 0.798. The Labute approximate surface area is 107 Å². The van der Waals surface area contributed by atoms with E-state index in [2.05, 4.69) is 24.3 Å². The second-order valence-electron chi connectivity index (χ2n) is 6.38. The number of nitrogens with one attached hydrogen (secondary N) is 1. The van der Waals surface area contributed by atoms with Gasteiger partial charge < -0.3 is 10.2 Å². The Kier molecular flexibility index (Phi) is 5.30. The van der Waals surface area contributed by atoms with Gasteiger partial charge in [0.2, 0.25) is 0 Å². The molecule has 0 heterocycles. The summed E-state index contributed by atoms with van der Waals surface area (Å²) in [5.74, 6) is 1.97. The van der Waals surface area contributed by atoms with Crippen LogP contribution < -0.4 is 5.32 Å². The molecule has 0 aromatic carbocycles. The van der Waals surface area contributed by atoms with E-state index in [1.54, 1.807) is 0 Å². The fraction of sp³-hybridized carbons (Fsp3) is 1.00. The molecule has 2 saturated carbocycles. The van der Waals surface area contributed by atoms with Gasteiger partial charge in [0.1, 0.15) is 0 Å². The molecule has 0 radical (unpaired) electrons. The number of rotatable bonds is 5. The van der Waals surface area contributed by atoms with Crippen molar-refractivity contribution in [2.24, 2.45) is 11.8 Å². The van der Waals surface area contributed by atoms with Crippen LogP contribution in [-0.2, 0) is 0 Å². The molecule has 2 fully saturated rings. The van der Waals surface area contributed by atoms with E-state index >= 15 is 0 Å². The molecule has 0 aromatic heterocycles. The molecule has 2 aliphatic rings. The Hall–Kier alpha value is -0.0800. The average Bonchev–Trinajstić information content (AvgIpc) is 2.82. The van der Waals surface area contributed by atoms with Crippen LogP contribution >= 0.6 is 0 Å². The van der Waals surface area contributed by atoms with Crippen LogP contribution in [0.3, 0.4) is 0 Å². The number of hydrogen-bond donors (Lipinski definition) is 1. The topological polar surface area (TPSA) is 15.3 Å². The molecule has 0 aliphatic heterocycles. The monoisotopic (exact) mass is 238 g/mol. The van der Waals surface area contributed by atoms with Crippen molar-refractivity contribution in [2.75, 3.05) is 27.2 Å². The van der Waals surface area contributed by atoms with E-state index in [9.17, 15) is 0 Å². The predicted octanol–water partition coefficient (Wildman–Crippen LogP) is 2.89. The second kappa shape index (κ2) is 6.75. The van der Waals surface area contributed by atoms with E-state index in [1.165, 1.54) is 64.5 Å². The molecule has 0 atom stereocenters. The molecule has 2 aliphatic carbocycles. The first-order chi connectivity index (χ1) is 8.28. The summed E-state index contributed by atoms with van der Waals surface area (Å²) in [7, 11) is 4.44. The van der Waals surface area contributed by atoms with E-state index in [-0.39, 0.29) is 0 Å². The summed E-state index contributed by atoms with van der Waals surface area (Å²) >= 11 is 0. The molecular weight excluding hydrogens is 208 g/mol. The van der Waals surface area contributed by atoms with Crippen molar-refractivity contribution < 1.29 is 0 Å². The highest BCUT2D eigenvalue weighted by molar-refractivity contribution is 4.78. The Balaban J connectivity index is 1.63. The highest BCUT2D eigenvalue weighted by atomic mass is 15.1. The maximum atomic E-state index is 3.42. The summed E-state index contributed by atoms with van der Waals surface area (Å²) in [4.78, 5) is 2.61. The summed E-state index contributed by atoms with van der Waals surface area (Å²) in [6.07, 6.45) is 11.6. The van der Waals surface area contributed by atoms with Crippen molar-refractivity contribution in [3.05, 3.63) is 0 Å². The lowest BCUT2D eigenvalue weighted by Gasteiger charge is -2.32. The van der Waals surface area contributed by atoms with Crippen LogP contribution in [0.4, 0.5) is 0 Å². The van der Waals surface area contributed by atoms with Crippen LogP contribution in [0.1, 0.15) is 51.4 Å². The van der Waals surface area contributed by atoms with Gasteiger partial charge in [-0.2, -0.15) is 0 Å². The highest BCUT2D eigenvalue weighted by Gasteiger charge is 2.22.